The Labute approximate surface area is 192 Å². The van der Waals surface area contributed by atoms with Gasteiger partial charge in [-0.1, -0.05) is 43.3 Å². The molecule has 1 heterocycles. The van der Waals surface area contributed by atoms with Gasteiger partial charge in [0.1, 0.15) is 17.5 Å². The van der Waals surface area contributed by atoms with Crippen molar-refractivity contribution >= 4 is 11.9 Å². The Bertz CT molecular complexity index is 1100. The molecule has 1 aromatic heterocycles. The number of hydrogen-bond donors (Lipinski definition) is 1. The zero-order valence-corrected chi connectivity index (χ0v) is 19.2. The van der Waals surface area contributed by atoms with Gasteiger partial charge in [-0.2, -0.15) is 4.98 Å². The number of nitrogens with zero attached hydrogens (tertiary/aromatic N) is 2. The van der Waals surface area contributed by atoms with Crippen LogP contribution in [0.5, 0.6) is 11.5 Å². The van der Waals surface area contributed by atoms with E-state index in [0.29, 0.717) is 22.9 Å². The van der Waals surface area contributed by atoms with Crippen molar-refractivity contribution in [3.63, 3.8) is 0 Å². The van der Waals surface area contributed by atoms with Crippen LogP contribution >= 0.6 is 0 Å². The fourth-order valence-corrected chi connectivity index (χ4v) is 3.13. The Morgan fingerprint density at radius 1 is 1.06 bits per heavy atom. The summed E-state index contributed by atoms with van der Waals surface area (Å²) in [5.41, 5.74) is 2.13. The standard InChI is InChI=1S/C24H27N3O6/c1-14(2)21(26-23(28)16-10-17(30-4)12-18(11-16)31-5)24(29)32-13-20-25-22(27-33-20)19-9-7-6-8-15(19)3/h6-12,14,21H,13H2,1-5H3,(H,26,28). The number of ether oxygens (including phenoxy) is 3. The second kappa shape index (κ2) is 10.6. The number of methoxy groups -OCH3 is 2. The van der Waals surface area contributed by atoms with Gasteiger partial charge in [0.15, 0.2) is 6.61 Å². The Kier molecular flexibility index (Phi) is 7.66. The zero-order chi connectivity index (χ0) is 24.0. The SMILES string of the molecule is COc1cc(OC)cc(C(=O)NC(C(=O)OCc2nc(-c3ccccc3C)no2)C(C)C)c1. The number of esters is 1. The minimum atomic E-state index is -0.881. The zero-order valence-electron chi connectivity index (χ0n) is 19.2. The average molecular weight is 453 g/mol. The van der Waals surface area contributed by atoms with Gasteiger partial charge < -0.3 is 24.1 Å². The first-order valence-corrected chi connectivity index (χ1v) is 10.4. The topological polar surface area (TPSA) is 113 Å². The molecule has 0 aliphatic rings. The predicted octanol–water partition coefficient (Wildman–Crippen LogP) is 3.56. The first kappa shape index (κ1) is 23.8. The first-order valence-electron chi connectivity index (χ1n) is 10.4. The molecular formula is C24H27N3O6. The van der Waals surface area contributed by atoms with Gasteiger partial charge in [0.25, 0.3) is 11.8 Å². The summed E-state index contributed by atoms with van der Waals surface area (Å²) in [7, 11) is 2.99. The monoisotopic (exact) mass is 453 g/mol. The van der Waals surface area contributed by atoms with Gasteiger partial charge in [-0.25, -0.2) is 4.79 Å². The summed E-state index contributed by atoms with van der Waals surface area (Å²) in [4.78, 5) is 29.8. The number of nitrogens with one attached hydrogen (secondary N) is 1. The van der Waals surface area contributed by atoms with Gasteiger partial charge in [-0.15, -0.1) is 0 Å². The number of aryl methyl sites for hydroxylation is 1. The molecule has 0 aliphatic heterocycles. The molecule has 0 saturated heterocycles. The molecule has 9 heteroatoms. The molecule has 0 spiro atoms. The molecule has 0 aliphatic carbocycles. The molecule has 1 unspecified atom stereocenters. The van der Waals surface area contributed by atoms with Crippen LogP contribution in [0.25, 0.3) is 11.4 Å². The van der Waals surface area contributed by atoms with Crippen molar-refractivity contribution in [2.45, 2.75) is 33.4 Å². The normalized spacial score (nSPS) is 11.7. The third kappa shape index (κ3) is 5.88. The second-order valence-corrected chi connectivity index (χ2v) is 7.73. The maximum Gasteiger partial charge on any atom is 0.329 e. The number of benzene rings is 2. The van der Waals surface area contributed by atoms with Crippen LogP contribution in [0.1, 0.15) is 35.7 Å². The van der Waals surface area contributed by atoms with Gasteiger partial charge in [0.05, 0.1) is 14.2 Å². The van der Waals surface area contributed by atoms with E-state index in [1.807, 2.05) is 31.2 Å². The summed E-state index contributed by atoms with van der Waals surface area (Å²) in [6.07, 6.45) is 0. The van der Waals surface area contributed by atoms with Crippen LogP contribution in [0, 0.1) is 12.8 Å². The molecule has 1 amide bonds. The lowest BCUT2D eigenvalue weighted by Gasteiger charge is -2.20. The second-order valence-electron chi connectivity index (χ2n) is 7.73. The van der Waals surface area contributed by atoms with Crippen LogP contribution in [0.3, 0.4) is 0 Å². The smallest absolute Gasteiger partial charge is 0.329 e. The number of carbonyl (C=O) groups excluding carboxylic acids is 2. The Hall–Kier alpha value is -3.88. The summed E-state index contributed by atoms with van der Waals surface area (Å²) in [6.45, 7) is 5.35. The highest BCUT2D eigenvalue weighted by Gasteiger charge is 2.27. The van der Waals surface area contributed by atoms with E-state index >= 15 is 0 Å². The molecule has 0 fully saturated rings. The van der Waals surface area contributed by atoms with E-state index in [0.717, 1.165) is 11.1 Å². The molecule has 1 atom stereocenters. The minimum absolute atomic E-state index is 0.160. The maximum absolute atomic E-state index is 12.8. The van der Waals surface area contributed by atoms with E-state index in [1.54, 1.807) is 32.0 Å². The molecule has 0 bridgehead atoms. The summed E-state index contributed by atoms with van der Waals surface area (Å²) >= 11 is 0. The summed E-state index contributed by atoms with van der Waals surface area (Å²) < 4.78 is 21.0. The molecule has 3 rings (SSSR count). The molecule has 3 aromatic rings. The largest absolute Gasteiger partial charge is 0.497 e. The van der Waals surface area contributed by atoms with Crippen molar-refractivity contribution < 1.29 is 28.3 Å². The van der Waals surface area contributed by atoms with Crippen molar-refractivity contribution in [2.75, 3.05) is 14.2 Å². The maximum atomic E-state index is 12.8. The van der Waals surface area contributed by atoms with Crippen molar-refractivity contribution in [3.05, 3.63) is 59.5 Å². The number of carbonyl (C=O) groups is 2. The highest BCUT2D eigenvalue weighted by atomic mass is 16.6. The molecule has 174 valence electrons. The van der Waals surface area contributed by atoms with E-state index in [4.69, 9.17) is 18.7 Å². The van der Waals surface area contributed by atoms with Crippen LogP contribution in [0.15, 0.2) is 47.0 Å². The Morgan fingerprint density at radius 3 is 2.33 bits per heavy atom. The van der Waals surface area contributed by atoms with E-state index < -0.39 is 17.9 Å². The minimum Gasteiger partial charge on any atom is -0.497 e. The van der Waals surface area contributed by atoms with Crippen molar-refractivity contribution in [1.82, 2.24) is 15.5 Å². The predicted molar refractivity (Wildman–Crippen MR) is 120 cm³/mol. The van der Waals surface area contributed by atoms with E-state index in [9.17, 15) is 9.59 Å². The third-order valence-electron chi connectivity index (χ3n) is 5.01. The van der Waals surface area contributed by atoms with E-state index in [2.05, 4.69) is 15.5 Å². The van der Waals surface area contributed by atoms with Crippen molar-refractivity contribution in [2.24, 2.45) is 5.92 Å². The number of hydrogen-bond acceptors (Lipinski definition) is 8. The van der Waals surface area contributed by atoms with E-state index in [-0.39, 0.29) is 18.4 Å². The quantitative estimate of drug-likeness (QED) is 0.490. The average Bonchev–Trinajstić information content (AvgIpc) is 3.29. The van der Waals surface area contributed by atoms with Crippen molar-refractivity contribution in [1.29, 1.82) is 0 Å². The Balaban J connectivity index is 1.66. The molecule has 2 aromatic carbocycles. The summed E-state index contributed by atoms with van der Waals surface area (Å²) in [5.74, 6) is 0.214. The Morgan fingerprint density at radius 2 is 1.73 bits per heavy atom. The summed E-state index contributed by atoms with van der Waals surface area (Å²) in [6, 6.07) is 11.5. The third-order valence-corrected chi connectivity index (χ3v) is 5.01. The fourth-order valence-electron chi connectivity index (χ4n) is 3.13. The molecular weight excluding hydrogens is 426 g/mol. The number of amides is 1. The van der Waals surface area contributed by atoms with Crippen LogP contribution < -0.4 is 14.8 Å². The lowest BCUT2D eigenvalue weighted by molar-refractivity contribution is -0.149. The van der Waals surface area contributed by atoms with Gasteiger partial charge in [-0.05, 0) is 30.5 Å². The van der Waals surface area contributed by atoms with Gasteiger partial charge in [-0.3, -0.25) is 4.79 Å². The van der Waals surface area contributed by atoms with Crippen LogP contribution in [-0.2, 0) is 16.1 Å². The lowest BCUT2D eigenvalue weighted by Crippen LogP contribution is -2.45. The van der Waals surface area contributed by atoms with Gasteiger partial charge in [0, 0.05) is 17.2 Å². The van der Waals surface area contributed by atoms with Crippen molar-refractivity contribution in [3.8, 4) is 22.9 Å². The molecule has 9 nitrogen and oxygen atoms in total. The van der Waals surface area contributed by atoms with Gasteiger partial charge in [0.2, 0.25) is 5.82 Å². The first-order chi connectivity index (χ1) is 15.8. The fraction of sp³-hybridized carbons (Fsp3) is 0.333. The molecule has 0 radical (unpaired) electrons. The lowest BCUT2D eigenvalue weighted by atomic mass is 10.0. The highest BCUT2D eigenvalue weighted by Crippen LogP contribution is 2.23. The molecule has 33 heavy (non-hydrogen) atoms. The number of aromatic nitrogens is 2. The van der Waals surface area contributed by atoms with Crippen LogP contribution in [-0.4, -0.2) is 42.3 Å². The van der Waals surface area contributed by atoms with Gasteiger partial charge >= 0.3 is 5.97 Å². The van der Waals surface area contributed by atoms with E-state index in [1.165, 1.54) is 14.2 Å². The van der Waals surface area contributed by atoms with Crippen LogP contribution in [0.2, 0.25) is 0 Å². The molecule has 1 N–H and O–H groups in total. The van der Waals surface area contributed by atoms with Crippen LogP contribution in [0.4, 0.5) is 0 Å². The summed E-state index contributed by atoms with van der Waals surface area (Å²) in [5, 5.41) is 6.67. The highest BCUT2D eigenvalue weighted by molar-refractivity contribution is 5.97. The molecule has 0 saturated carbocycles. The number of rotatable bonds is 9.